The molecule has 1 aromatic heterocycles. The third-order valence-corrected chi connectivity index (χ3v) is 5.56. The highest BCUT2D eigenvalue weighted by molar-refractivity contribution is 6.32. The molecule has 0 bridgehead atoms. The van der Waals surface area contributed by atoms with E-state index in [0.29, 0.717) is 38.9 Å². The lowest BCUT2D eigenvalue weighted by Gasteiger charge is -2.27. The Morgan fingerprint density at radius 2 is 1.97 bits per heavy atom. The second-order valence-corrected chi connectivity index (χ2v) is 7.76. The predicted octanol–water partition coefficient (Wildman–Crippen LogP) is 4.39. The van der Waals surface area contributed by atoms with Gasteiger partial charge in [0.1, 0.15) is 5.75 Å². The number of esters is 1. The molecule has 2 amide bonds. The molecule has 8 nitrogen and oxygen atoms in total. The number of carbonyl (C=O) groups excluding carboxylic acids is 2. The van der Waals surface area contributed by atoms with Gasteiger partial charge in [-0.15, -0.1) is 0 Å². The number of urea groups is 1. The summed E-state index contributed by atoms with van der Waals surface area (Å²) in [6.07, 6.45) is 1.80. The van der Waals surface area contributed by atoms with Gasteiger partial charge in [-0.3, -0.25) is 0 Å². The predicted molar refractivity (Wildman–Crippen MR) is 124 cm³/mol. The van der Waals surface area contributed by atoms with Crippen molar-refractivity contribution in [1.29, 1.82) is 0 Å². The number of halogens is 1. The first-order valence-corrected chi connectivity index (χ1v) is 10.7. The first-order valence-electron chi connectivity index (χ1n) is 10.4. The molecular formula is C24H23ClN4O4. The molecule has 0 saturated heterocycles. The lowest BCUT2D eigenvalue weighted by molar-refractivity contribution is -0.139. The van der Waals surface area contributed by atoms with Crippen molar-refractivity contribution in [2.75, 3.05) is 13.7 Å². The average Bonchev–Trinajstić information content (AvgIpc) is 3.24. The van der Waals surface area contributed by atoms with Gasteiger partial charge in [0, 0.05) is 23.0 Å². The fourth-order valence-corrected chi connectivity index (χ4v) is 4.01. The molecule has 0 radical (unpaired) electrons. The molecule has 0 spiro atoms. The molecule has 2 aromatic carbocycles. The maximum atomic E-state index is 12.8. The number of nitrogens with zero attached hydrogens (tertiary/aromatic N) is 2. The van der Waals surface area contributed by atoms with Crippen LogP contribution in [0.3, 0.4) is 0 Å². The zero-order valence-electron chi connectivity index (χ0n) is 18.4. The van der Waals surface area contributed by atoms with Crippen LogP contribution in [0.4, 0.5) is 4.79 Å². The number of nitrogens with one attached hydrogen (secondary N) is 2. The Kier molecular flexibility index (Phi) is 6.37. The Morgan fingerprint density at radius 3 is 2.64 bits per heavy atom. The Labute approximate surface area is 196 Å². The van der Waals surface area contributed by atoms with Crippen molar-refractivity contribution in [2.24, 2.45) is 0 Å². The van der Waals surface area contributed by atoms with Crippen LogP contribution in [0.25, 0.3) is 16.9 Å². The highest BCUT2D eigenvalue weighted by atomic mass is 35.5. The molecule has 0 fully saturated rings. The van der Waals surface area contributed by atoms with Gasteiger partial charge < -0.3 is 20.1 Å². The smallest absolute Gasteiger partial charge is 0.338 e. The van der Waals surface area contributed by atoms with Crippen molar-refractivity contribution in [1.82, 2.24) is 20.4 Å². The summed E-state index contributed by atoms with van der Waals surface area (Å²) >= 11 is 6.39. The minimum atomic E-state index is -0.772. The first-order chi connectivity index (χ1) is 15.9. The number of allylic oxidation sites excluding steroid dienone is 1. The number of para-hydroxylation sites is 1. The van der Waals surface area contributed by atoms with E-state index in [1.807, 2.05) is 36.4 Å². The fourth-order valence-electron chi connectivity index (χ4n) is 3.76. The van der Waals surface area contributed by atoms with Crippen LogP contribution in [0.15, 0.2) is 66.0 Å². The summed E-state index contributed by atoms with van der Waals surface area (Å²) in [5, 5.41) is 10.7. The Bertz CT molecular complexity index is 1240. The molecule has 1 unspecified atom stereocenters. The molecule has 1 aliphatic rings. The summed E-state index contributed by atoms with van der Waals surface area (Å²) < 4.78 is 12.2. The van der Waals surface area contributed by atoms with Crippen molar-refractivity contribution in [3.8, 4) is 22.7 Å². The van der Waals surface area contributed by atoms with E-state index in [4.69, 9.17) is 26.2 Å². The van der Waals surface area contributed by atoms with Crippen molar-refractivity contribution < 1.29 is 19.1 Å². The van der Waals surface area contributed by atoms with Gasteiger partial charge in [-0.2, -0.15) is 5.10 Å². The largest absolute Gasteiger partial charge is 0.495 e. The Balaban J connectivity index is 1.91. The van der Waals surface area contributed by atoms with E-state index in [9.17, 15) is 9.59 Å². The van der Waals surface area contributed by atoms with Crippen LogP contribution in [-0.4, -0.2) is 35.5 Å². The maximum absolute atomic E-state index is 12.8. The third kappa shape index (κ3) is 4.42. The molecule has 0 aliphatic carbocycles. The number of carbonyl (C=O) groups is 2. The standard InChI is InChI=1S/C24H23ClN4O4/c1-4-33-23(30)20-14(2)26-24(31)27-22(20)17-13-29(16-8-6-5-7-9-16)28-21(17)15-10-11-19(32-3)18(25)12-15/h5-13,22H,4H2,1-3H3,(H2,26,27,31). The third-order valence-electron chi connectivity index (χ3n) is 5.26. The minimum Gasteiger partial charge on any atom is -0.495 e. The normalized spacial score (nSPS) is 15.6. The number of hydrogen-bond donors (Lipinski definition) is 2. The van der Waals surface area contributed by atoms with Crippen molar-refractivity contribution >= 4 is 23.6 Å². The van der Waals surface area contributed by atoms with Crippen LogP contribution >= 0.6 is 11.6 Å². The van der Waals surface area contributed by atoms with Crippen molar-refractivity contribution in [3.63, 3.8) is 0 Å². The van der Waals surface area contributed by atoms with Crippen LogP contribution < -0.4 is 15.4 Å². The van der Waals surface area contributed by atoms with Crippen LogP contribution in [0.1, 0.15) is 25.5 Å². The lowest BCUT2D eigenvalue weighted by atomic mass is 9.93. The quantitative estimate of drug-likeness (QED) is 0.525. The van der Waals surface area contributed by atoms with E-state index in [1.165, 1.54) is 0 Å². The molecule has 1 atom stereocenters. The van der Waals surface area contributed by atoms with Crippen LogP contribution in [-0.2, 0) is 9.53 Å². The summed E-state index contributed by atoms with van der Waals surface area (Å²) in [5.74, 6) is 0.0151. The molecule has 0 saturated carbocycles. The number of rotatable bonds is 6. The number of aromatic nitrogens is 2. The summed E-state index contributed by atoms with van der Waals surface area (Å²) in [6, 6.07) is 13.7. The summed E-state index contributed by atoms with van der Waals surface area (Å²) in [7, 11) is 1.54. The Hall–Kier alpha value is -3.78. The van der Waals surface area contributed by atoms with E-state index in [-0.39, 0.29) is 6.61 Å². The Morgan fingerprint density at radius 1 is 1.21 bits per heavy atom. The maximum Gasteiger partial charge on any atom is 0.338 e. The average molecular weight is 467 g/mol. The molecule has 9 heteroatoms. The van der Waals surface area contributed by atoms with E-state index in [0.717, 1.165) is 5.69 Å². The fraction of sp³-hybridized carbons (Fsp3) is 0.208. The van der Waals surface area contributed by atoms with Crippen LogP contribution in [0, 0.1) is 0 Å². The van der Waals surface area contributed by atoms with Gasteiger partial charge in [0.25, 0.3) is 0 Å². The SMILES string of the molecule is CCOC(=O)C1=C(C)NC(=O)NC1c1cn(-c2ccccc2)nc1-c1ccc(OC)c(Cl)c1. The van der Waals surface area contributed by atoms with Gasteiger partial charge >= 0.3 is 12.0 Å². The summed E-state index contributed by atoms with van der Waals surface area (Å²) in [5.41, 5.74) is 3.45. The summed E-state index contributed by atoms with van der Waals surface area (Å²) in [4.78, 5) is 25.2. The topological polar surface area (TPSA) is 94.5 Å². The minimum absolute atomic E-state index is 0.209. The zero-order chi connectivity index (χ0) is 23.5. The van der Waals surface area contributed by atoms with Gasteiger partial charge in [0.15, 0.2) is 0 Å². The monoisotopic (exact) mass is 466 g/mol. The molecule has 1 aliphatic heterocycles. The van der Waals surface area contributed by atoms with Gasteiger partial charge in [-0.05, 0) is 44.2 Å². The van der Waals surface area contributed by atoms with Crippen molar-refractivity contribution in [3.05, 3.63) is 76.6 Å². The molecule has 2 heterocycles. The van der Waals surface area contributed by atoms with Gasteiger partial charge in [0.2, 0.25) is 0 Å². The number of hydrogen-bond acceptors (Lipinski definition) is 5. The number of benzene rings is 2. The molecule has 4 rings (SSSR count). The van der Waals surface area contributed by atoms with E-state index in [2.05, 4.69) is 10.6 Å². The van der Waals surface area contributed by atoms with E-state index < -0.39 is 18.0 Å². The van der Waals surface area contributed by atoms with E-state index in [1.54, 1.807) is 44.0 Å². The number of amides is 2. The van der Waals surface area contributed by atoms with Crippen LogP contribution in [0.2, 0.25) is 5.02 Å². The summed E-state index contributed by atoms with van der Waals surface area (Å²) in [6.45, 7) is 3.61. The van der Waals surface area contributed by atoms with Gasteiger partial charge in [-0.25, -0.2) is 14.3 Å². The molecule has 33 heavy (non-hydrogen) atoms. The number of methoxy groups -OCH3 is 1. The number of ether oxygens (including phenoxy) is 2. The van der Waals surface area contributed by atoms with Gasteiger partial charge in [0.05, 0.1) is 41.7 Å². The van der Waals surface area contributed by atoms with Crippen LogP contribution in [0.5, 0.6) is 5.75 Å². The molecule has 170 valence electrons. The highest BCUT2D eigenvalue weighted by Crippen LogP contribution is 2.37. The first kappa shape index (κ1) is 22.4. The van der Waals surface area contributed by atoms with Crippen molar-refractivity contribution in [2.45, 2.75) is 19.9 Å². The highest BCUT2D eigenvalue weighted by Gasteiger charge is 2.35. The molecule has 3 aromatic rings. The molecular weight excluding hydrogens is 444 g/mol. The second kappa shape index (κ2) is 9.38. The lowest BCUT2D eigenvalue weighted by Crippen LogP contribution is -2.45. The molecule has 2 N–H and O–H groups in total. The van der Waals surface area contributed by atoms with Gasteiger partial charge in [-0.1, -0.05) is 29.8 Å². The second-order valence-electron chi connectivity index (χ2n) is 7.35. The zero-order valence-corrected chi connectivity index (χ0v) is 19.1. The van der Waals surface area contributed by atoms with E-state index >= 15 is 0 Å².